The molecule has 1 aromatic carbocycles. The van der Waals surface area contributed by atoms with E-state index in [1.54, 1.807) is 0 Å². The molecule has 2 rings (SSSR count). The van der Waals surface area contributed by atoms with Crippen molar-refractivity contribution in [2.75, 3.05) is 0 Å². The predicted octanol–water partition coefficient (Wildman–Crippen LogP) is 3.20. The second kappa shape index (κ2) is 6.48. The summed E-state index contributed by atoms with van der Waals surface area (Å²) in [7, 11) is 0. The van der Waals surface area contributed by atoms with Crippen molar-refractivity contribution in [1.29, 1.82) is 0 Å². The average molecular weight is 284 g/mol. The number of hydrogen-bond donors (Lipinski definition) is 1. The van der Waals surface area contributed by atoms with Crippen molar-refractivity contribution in [1.82, 2.24) is 9.97 Å². The Hall–Kier alpha value is -2.23. The molecule has 0 amide bonds. The quantitative estimate of drug-likeness (QED) is 0.915. The molecule has 0 aliphatic rings. The maximum absolute atomic E-state index is 11.0. The Morgan fingerprint density at radius 1 is 1.05 bits per heavy atom. The van der Waals surface area contributed by atoms with Crippen molar-refractivity contribution in [3.63, 3.8) is 0 Å². The zero-order valence-corrected chi connectivity index (χ0v) is 12.7. The number of hydrogen-bond acceptors (Lipinski definition) is 3. The number of rotatable bonds is 5. The topological polar surface area (TPSA) is 63.1 Å². The molecule has 0 unspecified atom stereocenters. The highest BCUT2D eigenvalue weighted by atomic mass is 16.4. The molecule has 0 spiro atoms. The van der Waals surface area contributed by atoms with E-state index in [-0.39, 0.29) is 6.42 Å². The lowest BCUT2D eigenvalue weighted by Crippen LogP contribution is -2.11. The third kappa shape index (κ3) is 3.45. The monoisotopic (exact) mass is 284 g/mol. The molecule has 0 fully saturated rings. The number of benzene rings is 1. The van der Waals surface area contributed by atoms with Crippen LogP contribution < -0.4 is 0 Å². The minimum atomic E-state index is -0.842. The van der Waals surface area contributed by atoms with E-state index in [2.05, 4.69) is 9.97 Å². The Bertz CT molecular complexity index is 623. The SMILES string of the molecule is CCc1nc(-c2ccc(C)cc2)nc(CC)c1CC(=O)O. The maximum Gasteiger partial charge on any atom is 0.307 e. The van der Waals surface area contributed by atoms with Gasteiger partial charge < -0.3 is 5.11 Å². The van der Waals surface area contributed by atoms with Crippen molar-refractivity contribution in [3.05, 3.63) is 46.8 Å². The van der Waals surface area contributed by atoms with Crippen molar-refractivity contribution in [2.45, 2.75) is 40.0 Å². The summed E-state index contributed by atoms with van der Waals surface area (Å²) in [4.78, 5) is 20.2. The van der Waals surface area contributed by atoms with Crippen LogP contribution in [0.3, 0.4) is 0 Å². The van der Waals surface area contributed by atoms with Crippen LogP contribution in [-0.2, 0) is 24.1 Å². The molecule has 0 aliphatic heterocycles. The van der Waals surface area contributed by atoms with E-state index < -0.39 is 5.97 Å². The molecule has 0 aliphatic carbocycles. The molecule has 1 aromatic heterocycles. The highest BCUT2D eigenvalue weighted by Crippen LogP contribution is 2.21. The van der Waals surface area contributed by atoms with Gasteiger partial charge in [0.2, 0.25) is 0 Å². The van der Waals surface area contributed by atoms with Crippen LogP contribution in [0.5, 0.6) is 0 Å². The van der Waals surface area contributed by atoms with Gasteiger partial charge in [0, 0.05) is 22.5 Å². The number of carboxylic acids is 1. The highest BCUT2D eigenvalue weighted by molar-refractivity contribution is 5.71. The van der Waals surface area contributed by atoms with Crippen LogP contribution in [0.2, 0.25) is 0 Å². The number of carbonyl (C=O) groups is 1. The molecular formula is C17H20N2O2. The summed E-state index contributed by atoms with van der Waals surface area (Å²) in [5.41, 5.74) is 4.59. The fraction of sp³-hybridized carbons (Fsp3) is 0.353. The van der Waals surface area contributed by atoms with Crippen LogP contribution in [-0.4, -0.2) is 21.0 Å². The van der Waals surface area contributed by atoms with Gasteiger partial charge in [-0.3, -0.25) is 4.79 Å². The molecule has 0 radical (unpaired) electrons. The summed E-state index contributed by atoms with van der Waals surface area (Å²) in [6, 6.07) is 8.06. The number of aromatic nitrogens is 2. The molecule has 4 nitrogen and oxygen atoms in total. The van der Waals surface area contributed by atoms with Gasteiger partial charge in [0.05, 0.1) is 6.42 Å². The summed E-state index contributed by atoms with van der Waals surface area (Å²) >= 11 is 0. The van der Waals surface area contributed by atoms with Crippen LogP contribution in [0.25, 0.3) is 11.4 Å². The lowest BCUT2D eigenvalue weighted by Gasteiger charge is -2.12. The zero-order chi connectivity index (χ0) is 15.4. The van der Waals surface area contributed by atoms with Gasteiger partial charge in [-0.1, -0.05) is 43.7 Å². The average Bonchev–Trinajstić information content (AvgIpc) is 2.47. The van der Waals surface area contributed by atoms with Gasteiger partial charge in [-0.25, -0.2) is 9.97 Å². The highest BCUT2D eigenvalue weighted by Gasteiger charge is 2.15. The lowest BCUT2D eigenvalue weighted by molar-refractivity contribution is -0.136. The minimum Gasteiger partial charge on any atom is -0.481 e. The zero-order valence-electron chi connectivity index (χ0n) is 12.7. The van der Waals surface area contributed by atoms with Crippen LogP contribution >= 0.6 is 0 Å². The van der Waals surface area contributed by atoms with E-state index >= 15 is 0 Å². The van der Waals surface area contributed by atoms with E-state index in [1.165, 1.54) is 5.56 Å². The van der Waals surface area contributed by atoms with Crippen molar-refractivity contribution in [2.24, 2.45) is 0 Å². The molecule has 1 heterocycles. The largest absolute Gasteiger partial charge is 0.481 e. The number of nitrogens with zero attached hydrogens (tertiary/aromatic N) is 2. The summed E-state index contributed by atoms with van der Waals surface area (Å²) < 4.78 is 0. The van der Waals surface area contributed by atoms with Gasteiger partial charge >= 0.3 is 5.97 Å². The third-order valence-electron chi connectivity index (χ3n) is 3.49. The van der Waals surface area contributed by atoms with E-state index in [1.807, 2.05) is 45.0 Å². The molecule has 1 N–H and O–H groups in total. The standard InChI is InChI=1S/C17H20N2O2/c1-4-14-13(10-16(20)21)15(5-2)19-17(18-14)12-8-6-11(3)7-9-12/h6-9H,4-5,10H2,1-3H3,(H,20,21). The lowest BCUT2D eigenvalue weighted by atomic mass is 10.0. The first-order valence-electron chi connectivity index (χ1n) is 7.22. The molecule has 4 heteroatoms. The Morgan fingerprint density at radius 2 is 1.57 bits per heavy atom. The van der Waals surface area contributed by atoms with E-state index in [9.17, 15) is 4.79 Å². The number of aryl methyl sites for hydroxylation is 3. The molecule has 0 atom stereocenters. The Kier molecular flexibility index (Phi) is 4.68. The third-order valence-corrected chi connectivity index (χ3v) is 3.49. The van der Waals surface area contributed by atoms with Crippen LogP contribution in [0.4, 0.5) is 0 Å². The molecule has 2 aromatic rings. The van der Waals surface area contributed by atoms with Crippen molar-refractivity contribution >= 4 is 5.97 Å². The molecule has 21 heavy (non-hydrogen) atoms. The second-order valence-corrected chi connectivity index (χ2v) is 5.06. The predicted molar refractivity (Wildman–Crippen MR) is 82.3 cm³/mol. The fourth-order valence-electron chi connectivity index (χ4n) is 2.35. The van der Waals surface area contributed by atoms with Gasteiger partial charge in [-0.2, -0.15) is 0 Å². The van der Waals surface area contributed by atoms with Gasteiger partial charge in [-0.15, -0.1) is 0 Å². The normalized spacial score (nSPS) is 10.6. The van der Waals surface area contributed by atoms with Gasteiger partial charge in [0.15, 0.2) is 5.82 Å². The Balaban J connectivity index is 2.54. The van der Waals surface area contributed by atoms with E-state index in [0.717, 1.165) is 22.5 Å². The number of carboxylic acid groups (broad SMARTS) is 1. The smallest absolute Gasteiger partial charge is 0.307 e. The van der Waals surface area contributed by atoms with E-state index in [0.29, 0.717) is 18.7 Å². The first-order valence-corrected chi connectivity index (χ1v) is 7.22. The first kappa shape index (κ1) is 15.2. The van der Waals surface area contributed by atoms with Crippen molar-refractivity contribution < 1.29 is 9.90 Å². The van der Waals surface area contributed by atoms with Crippen LogP contribution in [0.1, 0.15) is 36.4 Å². The van der Waals surface area contributed by atoms with Gasteiger partial charge in [0.25, 0.3) is 0 Å². The molecule has 0 saturated heterocycles. The molecule has 0 bridgehead atoms. The number of aliphatic carboxylic acids is 1. The minimum absolute atomic E-state index is 0.0134. The molecular weight excluding hydrogens is 264 g/mol. The fourth-order valence-corrected chi connectivity index (χ4v) is 2.35. The van der Waals surface area contributed by atoms with Crippen molar-refractivity contribution in [3.8, 4) is 11.4 Å². The summed E-state index contributed by atoms with van der Waals surface area (Å²) in [6.07, 6.45) is 1.40. The molecule has 0 saturated carbocycles. The van der Waals surface area contributed by atoms with Crippen LogP contribution in [0, 0.1) is 6.92 Å². The first-order chi connectivity index (χ1) is 10.0. The summed E-state index contributed by atoms with van der Waals surface area (Å²) in [5, 5.41) is 9.07. The Labute approximate surface area is 124 Å². The van der Waals surface area contributed by atoms with E-state index in [4.69, 9.17) is 5.11 Å². The van der Waals surface area contributed by atoms with Gasteiger partial charge in [-0.05, 0) is 19.8 Å². The summed E-state index contributed by atoms with van der Waals surface area (Å²) in [5.74, 6) is -0.163. The van der Waals surface area contributed by atoms with Crippen LogP contribution in [0.15, 0.2) is 24.3 Å². The summed E-state index contributed by atoms with van der Waals surface area (Å²) in [6.45, 7) is 6.02. The Morgan fingerprint density at radius 3 is 2.00 bits per heavy atom. The molecule has 110 valence electrons. The maximum atomic E-state index is 11.0. The van der Waals surface area contributed by atoms with Gasteiger partial charge in [0.1, 0.15) is 0 Å². The second-order valence-electron chi connectivity index (χ2n) is 5.06.